The maximum Gasteiger partial charge on any atom is 0.410 e. The number of halogens is 1. The number of hydrogen-bond donors (Lipinski definition) is 3. The summed E-state index contributed by atoms with van der Waals surface area (Å²) >= 11 is 0. The van der Waals surface area contributed by atoms with Gasteiger partial charge in [0.25, 0.3) is 5.91 Å². The molecule has 210 valence electrons. The summed E-state index contributed by atoms with van der Waals surface area (Å²) in [7, 11) is 0. The minimum absolute atomic E-state index is 0.168. The van der Waals surface area contributed by atoms with E-state index in [0.29, 0.717) is 53.5 Å². The molecule has 3 aromatic heterocycles. The summed E-state index contributed by atoms with van der Waals surface area (Å²) < 4.78 is 21.0. The maximum atomic E-state index is 14.3. The van der Waals surface area contributed by atoms with E-state index in [1.807, 2.05) is 36.4 Å². The number of pyridine rings is 1. The molecule has 4 heterocycles. The number of anilines is 2. The first-order valence-corrected chi connectivity index (χ1v) is 12.9. The summed E-state index contributed by atoms with van der Waals surface area (Å²) in [6.45, 7) is 3.60. The van der Waals surface area contributed by atoms with Crippen LogP contribution in [0.5, 0.6) is 0 Å². The third-order valence-corrected chi connectivity index (χ3v) is 6.70. The van der Waals surface area contributed by atoms with Crippen molar-refractivity contribution < 1.29 is 23.8 Å². The number of aliphatic hydroxyl groups is 1. The second kappa shape index (κ2) is 11.2. The number of alkyl halides is 1. The van der Waals surface area contributed by atoms with E-state index in [0.717, 1.165) is 5.56 Å². The third kappa shape index (κ3) is 6.10. The van der Waals surface area contributed by atoms with Crippen molar-refractivity contribution in [1.29, 1.82) is 5.26 Å². The standard InChI is InChI=1S/C29H28FN7O4/c1-29(2,40)26(30)16-33-27(38)22-15-32-24(25-8-7-21-11-19(13-31)14-34-37(21)25)12-23(22)35-20-5-3-18(4-6-20)17-36-9-10-41-28(36)39/h3-8,11-12,14-15,26,40H,9-10,16-17H2,1-2H3,(H,32,35)(H,33,38)/t26-/m1/s1. The molecule has 4 aromatic rings. The first-order chi connectivity index (χ1) is 19.6. The van der Waals surface area contributed by atoms with Crippen molar-refractivity contribution in [2.45, 2.75) is 32.2 Å². The molecular formula is C29H28FN7O4. The highest BCUT2D eigenvalue weighted by Gasteiger charge is 2.27. The second-order valence-corrected chi connectivity index (χ2v) is 10.2. The molecule has 1 atom stereocenters. The number of fused-ring (bicyclic) bond motifs is 1. The topological polar surface area (TPSA) is 145 Å². The van der Waals surface area contributed by atoms with Crippen LogP contribution >= 0.6 is 0 Å². The number of carbonyl (C=O) groups is 2. The lowest BCUT2D eigenvalue weighted by molar-refractivity contribution is -0.00177. The van der Waals surface area contributed by atoms with Gasteiger partial charge in [-0.15, -0.1) is 0 Å². The van der Waals surface area contributed by atoms with Crippen LogP contribution in [0.3, 0.4) is 0 Å². The molecule has 1 saturated heterocycles. The van der Waals surface area contributed by atoms with E-state index in [4.69, 9.17) is 4.74 Å². The second-order valence-electron chi connectivity index (χ2n) is 10.2. The number of benzene rings is 1. The molecule has 41 heavy (non-hydrogen) atoms. The number of carbonyl (C=O) groups excluding carboxylic acids is 2. The van der Waals surface area contributed by atoms with Crippen LogP contribution in [0.25, 0.3) is 16.9 Å². The molecule has 5 rings (SSSR count). The average Bonchev–Trinajstić information content (AvgIpc) is 3.57. The average molecular weight is 558 g/mol. The molecule has 0 spiro atoms. The zero-order chi connectivity index (χ0) is 29.1. The van der Waals surface area contributed by atoms with E-state index in [9.17, 15) is 24.3 Å². The van der Waals surface area contributed by atoms with Crippen LogP contribution in [0.4, 0.5) is 20.6 Å². The first kappa shape index (κ1) is 27.5. The fourth-order valence-corrected chi connectivity index (χ4v) is 4.30. The van der Waals surface area contributed by atoms with E-state index in [1.165, 1.54) is 26.2 Å². The lowest BCUT2D eigenvalue weighted by Crippen LogP contribution is -2.42. The van der Waals surface area contributed by atoms with E-state index >= 15 is 0 Å². The molecule has 3 N–H and O–H groups in total. The Labute approximate surface area is 235 Å². The highest BCUT2D eigenvalue weighted by atomic mass is 19.1. The number of nitrogens with zero attached hydrogens (tertiary/aromatic N) is 5. The predicted molar refractivity (Wildman–Crippen MR) is 148 cm³/mol. The van der Waals surface area contributed by atoms with Gasteiger partial charge in [0.05, 0.1) is 58.6 Å². The summed E-state index contributed by atoms with van der Waals surface area (Å²) in [5, 5.41) is 29.2. The highest BCUT2D eigenvalue weighted by molar-refractivity contribution is 6.00. The Hall–Kier alpha value is -5.02. The van der Waals surface area contributed by atoms with Crippen molar-refractivity contribution in [3.05, 3.63) is 77.6 Å². The Balaban J connectivity index is 1.44. The molecule has 0 bridgehead atoms. The quantitative estimate of drug-likeness (QED) is 0.282. The van der Waals surface area contributed by atoms with Crippen LogP contribution in [0.15, 0.2) is 60.9 Å². The van der Waals surface area contributed by atoms with Crippen molar-refractivity contribution in [3.8, 4) is 17.5 Å². The molecular weight excluding hydrogens is 529 g/mol. The van der Waals surface area contributed by atoms with Gasteiger partial charge in [-0.1, -0.05) is 12.1 Å². The third-order valence-electron chi connectivity index (χ3n) is 6.70. The highest BCUT2D eigenvalue weighted by Crippen LogP contribution is 2.28. The van der Waals surface area contributed by atoms with E-state index in [2.05, 4.69) is 26.8 Å². The number of cyclic esters (lactones) is 1. The van der Waals surface area contributed by atoms with Gasteiger partial charge in [0.2, 0.25) is 0 Å². The summed E-state index contributed by atoms with van der Waals surface area (Å²) in [6, 6.07) is 16.5. The number of ether oxygens (including phenoxy) is 1. The molecule has 0 saturated carbocycles. The molecule has 2 amide bonds. The summed E-state index contributed by atoms with van der Waals surface area (Å²) in [5.74, 6) is -0.570. The summed E-state index contributed by atoms with van der Waals surface area (Å²) in [6.07, 6.45) is 0.827. The molecule has 0 unspecified atom stereocenters. The van der Waals surface area contributed by atoms with Crippen LogP contribution in [-0.2, 0) is 11.3 Å². The number of nitriles is 1. The molecule has 11 nitrogen and oxygen atoms in total. The lowest BCUT2D eigenvalue weighted by atomic mass is 10.0. The summed E-state index contributed by atoms with van der Waals surface area (Å²) in [5.41, 5.74) is 2.81. The minimum atomic E-state index is -1.67. The molecule has 1 aromatic carbocycles. The Morgan fingerprint density at radius 1 is 1.22 bits per heavy atom. The maximum absolute atomic E-state index is 14.3. The smallest absolute Gasteiger partial charge is 0.410 e. The van der Waals surface area contributed by atoms with Crippen molar-refractivity contribution >= 4 is 28.9 Å². The van der Waals surface area contributed by atoms with Crippen LogP contribution in [0.2, 0.25) is 0 Å². The first-order valence-electron chi connectivity index (χ1n) is 12.9. The van der Waals surface area contributed by atoms with Crippen LogP contribution in [0, 0.1) is 11.3 Å². The Morgan fingerprint density at radius 3 is 2.68 bits per heavy atom. The molecule has 1 aliphatic heterocycles. The monoisotopic (exact) mass is 557 g/mol. The number of nitrogens with one attached hydrogen (secondary N) is 2. The molecule has 0 radical (unpaired) electrons. The minimum Gasteiger partial charge on any atom is -0.448 e. The van der Waals surface area contributed by atoms with Crippen LogP contribution < -0.4 is 10.6 Å². The number of amides is 2. The van der Waals surface area contributed by atoms with Crippen LogP contribution in [-0.4, -0.2) is 68.1 Å². The Morgan fingerprint density at radius 2 is 2.00 bits per heavy atom. The van der Waals surface area contributed by atoms with Crippen molar-refractivity contribution in [2.24, 2.45) is 0 Å². The fourth-order valence-electron chi connectivity index (χ4n) is 4.30. The predicted octanol–water partition coefficient (Wildman–Crippen LogP) is 3.80. The normalized spacial score (nSPS) is 14.0. The molecule has 12 heteroatoms. The van der Waals surface area contributed by atoms with Crippen molar-refractivity contribution in [2.75, 3.05) is 25.0 Å². The van der Waals surface area contributed by atoms with E-state index in [-0.39, 0.29) is 18.2 Å². The lowest BCUT2D eigenvalue weighted by Gasteiger charge is -2.22. The van der Waals surface area contributed by atoms with E-state index < -0.39 is 17.7 Å². The van der Waals surface area contributed by atoms with Gasteiger partial charge in [0.1, 0.15) is 18.8 Å². The van der Waals surface area contributed by atoms with Crippen molar-refractivity contribution in [3.63, 3.8) is 0 Å². The molecule has 1 aliphatic rings. The van der Waals surface area contributed by atoms with Gasteiger partial charge < -0.3 is 25.4 Å². The number of hydrogen-bond acceptors (Lipinski definition) is 8. The molecule has 1 fully saturated rings. The van der Waals surface area contributed by atoms with Crippen LogP contribution in [0.1, 0.15) is 35.3 Å². The van der Waals surface area contributed by atoms with Gasteiger partial charge in [0.15, 0.2) is 0 Å². The Kier molecular flexibility index (Phi) is 7.54. The SMILES string of the molecule is CC(C)(O)[C@H](F)CNC(=O)c1cnc(-c2ccc3cc(C#N)cnn23)cc1Nc1ccc(CN2CCOC2=O)cc1. The van der Waals surface area contributed by atoms with Gasteiger partial charge in [-0.05, 0) is 55.8 Å². The number of aromatic nitrogens is 3. The Bertz CT molecular complexity index is 1640. The number of rotatable bonds is 9. The van der Waals surface area contributed by atoms with Gasteiger partial charge in [-0.3, -0.25) is 9.78 Å². The largest absolute Gasteiger partial charge is 0.448 e. The zero-order valence-corrected chi connectivity index (χ0v) is 22.5. The molecule has 0 aliphatic carbocycles. The van der Waals surface area contributed by atoms with Crippen molar-refractivity contribution in [1.82, 2.24) is 24.8 Å². The fraction of sp³-hybridized carbons (Fsp3) is 0.276. The van der Waals surface area contributed by atoms with Gasteiger partial charge in [0, 0.05) is 18.4 Å². The van der Waals surface area contributed by atoms with Gasteiger partial charge >= 0.3 is 6.09 Å². The summed E-state index contributed by atoms with van der Waals surface area (Å²) in [4.78, 5) is 31.0. The zero-order valence-electron chi connectivity index (χ0n) is 22.5. The van der Waals surface area contributed by atoms with Gasteiger partial charge in [-0.2, -0.15) is 10.4 Å². The van der Waals surface area contributed by atoms with Gasteiger partial charge in [-0.25, -0.2) is 13.7 Å². The van der Waals surface area contributed by atoms with E-state index in [1.54, 1.807) is 21.5 Å².